The summed E-state index contributed by atoms with van der Waals surface area (Å²) >= 11 is 0. The van der Waals surface area contributed by atoms with Gasteiger partial charge in [0.15, 0.2) is 6.10 Å². The molecule has 7 atom stereocenters. The lowest BCUT2D eigenvalue weighted by atomic mass is 9.47. The fourth-order valence-corrected chi connectivity index (χ4v) is 6.50. The normalized spacial score (nSPS) is 38.4. The van der Waals surface area contributed by atoms with Crippen molar-refractivity contribution in [1.29, 1.82) is 5.26 Å². The zero-order valence-electron chi connectivity index (χ0n) is 17.4. The molecule has 0 saturated heterocycles. The molecule has 3 fully saturated rings. The van der Waals surface area contributed by atoms with E-state index < -0.39 is 12.1 Å². The molecule has 0 aromatic rings. The van der Waals surface area contributed by atoms with Crippen LogP contribution in [0, 0.1) is 40.4 Å². The zero-order chi connectivity index (χ0) is 20.5. The molecule has 5 heteroatoms. The van der Waals surface area contributed by atoms with Gasteiger partial charge in [-0.3, -0.25) is 9.59 Å². The lowest BCUT2D eigenvalue weighted by Gasteiger charge is -2.58. The summed E-state index contributed by atoms with van der Waals surface area (Å²) in [6.07, 6.45) is 7.31. The van der Waals surface area contributed by atoms with Crippen LogP contribution in [0.15, 0.2) is 12.2 Å². The van der Waals surface area contributed by atoms with Gasteiger partial charge in [-0.05, 0) is 74.0 Å². The molecule has 3 aliphatic carbocycles. The second-order valence-electron chi connectivity index (χ2n) is 9.32. The molecule has 0 N–H and O–H groups in total. The number of carbonyl (C=O) groups excluding carboxylic acids is 2. The van der Waals surface area contributed by atoms with Gasteiger partial charge in [0.25, 0.3) is 0 Å². The molecule has 5 nitrogen and oxygen atoms in total. The number of ether oxygens (including phenoxy) is 2. The van der Waals surface area contributed by atoms with Crippen LogP contribution in [0.2, 0.25) is 0 Å². The Labute approximate surface area is 168 Å². The number of carbonyl (C=O) groups is 2. The van der Waals surface area contributed by atoms with Crippen LogP contribution in [-0.4, -0.2) is 24.1 Å². The molecule has 0 amide bonds. The van der Waals surface area contributed by atoms with E-state index in [1.54, 1.807) is 0 Å². The van der Waals surface area contributed by atoms with Crippen LogP contribution < -0.4 is 0 Å². The third-order valence-electron chi connectivity index (χ3n) is 7.77. The van der Waals surface area contributed by atoms with Crippen molar-refractivity contribution in [1.82, 2.24) is 0 Å². The molecule has 0 bridgehead atoms. The first kappa shape index (κ1) is 20.9. The lowest BCUT2D eigenvalue weighted by molar-refractivity contribution is -0.156. The van der Waals surface area contributed by atoms with Gasteiger partial charge in [-0.2, -0.15) is 5.26 Å². The number of hydrogen-bond donors (Lipinski definition) is 0. The monoisotopic (exact) mass is 387 g/mol. The van der Waals surface area contributed by atoms with Crippen LogP contribution in [0.5, 0.6) is 0 Å². The smallest absolute Gasteiger partial charge is 0.303 e. The predicted molar refractivity (Wildman–Crippen MR) is 105 cm³/mol. The van der Waals surface area contributed by atoms with E-state index in [4.69, 9.17) is 9.47 Å². The fraction of sp³-hybridized carbons (Fsp3) is 0.783. The average Bonchev–Trinajstić information content (AvgIpc) is 2.62. The van der Waals surface area contributed by atoms with Crippen LogP contribution in [0.3, 0.4) is 0 Å². The second-order valence-corrected chi connectivity index (χ2v) is 9.32. The molecule has 3 saturated carbocycles. The van der Waals surface area contributed by atoms with Crippen LogP contribution in [0.1, 0.15) is 72.1 Å². The maximum Gasteiger partial charge on any atom is 0.303 e. The van der Waals surface area contributed by atoms with Gasteiger partial charge in [0, 0.05) is 20.3 Å². The maximum atomic E-state index is 11.4. The van der Waals surface area contributed by atoms with Gasteiger partial charge >= 0.3 is 11.9 Å². The number of hydrogen-bond acceptors (Lipinski definition) is 5. The molecule has 154 valence electrons. The summed E-state index contributed by atoms with van der Waals surface area (Å²) in [4.78, 5) is 22.7. The molecule has 28 heavy (non-hydrogen) atoms. The summed E-state index contributed by atoms with van der Waals surface area (Å²) in [5.41, 5.74) is 1.46. The molecule has 0 unspecified atom stereocenters. The second kappa shape index (κ2) is 8.27. The molecule has 0 radical (unpaired) electrons. The quantitative estimate of drug-likeness (QED) is 0.522. The third kappa shape index (κ3) is 4.11. The number of esters is 2. The van der Waals surface area contributed by atoms with Gasteiger partial charge < -0.3 is 9.47 Å². The number of nitriles is 1. The zero-order valence-corrected chi connectivity index (χ0v) is 17.4. The minimum absolute atomic E-state index is 0.0633. The van der Waals surface area contributed by atoms with Crippen molar-refractivity contribution in [2.45, 2.75) is 84.3 Å². The van der Waals surface area contributed by atoms with E-state index in [1.807, 2.05) is 0 Å². The van der Waals surface area contributed by atoms with Crippen LogP contribution >= 0.6 is 0 Å². The van der Waals surface area contributed by atoms with Gasteiger partial charge in [0.05, 0.1) is 0 Å². The van der Waals surface area contributed by atoms with Gasteiger partial charge in [0.1, 0.15) is 12.2 Å². The topological polar surface area (TPSA) is 76.4 Å². The van der Waals surface area contributed by atoms with E-state index >= 15 is 0 Å². The summed E-state index contributed by atoms with van der Waals surface area (Å²) in [5.74, 6) is 1.34. The van der Waals surface area contributed by atoms with Crippen LogP contribution in [0.4, 0.5) is 0 Å². The maximum absolute atomic E-state index is 11.4. The Kier molecular flexibility index (Phi) is 6.17. The lowest BCUT2D eigenvalue weighted by Crippen LogP contribution is -2.51. The van der Waals surface area contributed by atoms with Gasteiger partial charge in [0.2, 0.25) is 0 Å². The third-order valence-corrected chi connectivity index (χ3v) is 7.77. The van der Waals surface area contributed by atoms with Crippen molar-refractivity contribution in [2.24, 2.45) is 29.1 Å². The highest BCUT2D eigenvalue weighted by Gasteiger charge is 2.54. The van der Waals surface area contributed by atoms with E-state index in [0.29, 0.717) is 24.2 Å². The van der Waals surface area contributed by atoms with E-state index in [-0.39, 0.29) is 23.4 Å². The first-order chi connectivity index (χ1) is 13.2. The summed E-state index contributed by atoms with van der Waals surface area (Å²) < 4.78 is 10.7. The van der Waals surface area contributed by atoms with Crippen molar-refractivity contribution >= 4 is 11.9 Å². The highest BCUT2D eigenvalue weighted by Crippen LogP contribution is 2.61. The Morgan fingerprint density at radius 2 is 2.00 bits per heavy atom. The van der Waals surface area contributed by atoms with Crippen molar-refractivity contribution in [3.05, 3.63) is 12.2 Å². The highest BCUT2D eigenvalue weighted by molar-refractivity contribution is 5.66. The minimum atomic E-state index is -0.691. The largest absolute Gasteiger partial charge is 0.463 e. The molecule has 0 aromatic carbocycles. The van der Waals surface area contributed by atoms with Crippen molar-refractivity contribution in [3.8, 4) is 6.07 Å². The first-order valence-corrected chi connectivity index (χ1v) is 10.7. The Morgan fingerprint density at radius 1 is 1.25 bits per heavy atom. The Balaban J connectivity index is 1.75. The molecule has 3 rings (SSSR count). The standard InChI is InChI=1S/C23H33NO4/c1-14-5-8-22-20(21(14)12-19(13-24)28-16(3)26)7-6-17-11-18(27-15(2)25)9-10-23(17,22)4/h17-22H,1,5-12H2,2-4H3/t17-,18-,19+,20-,21+,22-,23-/m0/s1. The number of fused-ring (bicyclic) bond motifs is 3. The molecular formula is C23H33NO4. The SMILES string of the molecule is C=C1CC[C@H]2[C@@H](CC[C@H]3C[C@@H](OC(C)=O)CC[C@@]32C)[C@@H]1C[C@H](C#N)OC(C)=O. The van der Waals surface area contributed by atoms with Crippen molar-refractivity contribution in [3.63, 3.8) is 0 Å². The van der Waals surface area contributed by atoms with Crippen molar-refractivity contribution in [2.75, 3.05) is 0 Å². The molecule has 3 aliphatic rings. The molecule has 0 aliphatic heterocycles. The van der Waals surface area contributed by atoms with Gasteiger partial charge in [-0.15, -0.1) is 0 Å². The summed E-state index contributed by atoms with van der Waals surface area (Å²) in [6.45, 7) is 9.60. The predicted octanol–water partition coefficient (Wildman–Crippen LogP) is 4.56. The number of nitrogens with zero attached hydrogens (tertiary/aromatic N) is 1. The summed E-state index contributed by atoms with van der Waals surface area (Å²) in [6, 6.07) is 2.15. The van der Waals surface area contributed by atoms with Crippen LogP contribution in [-0.2, 0) is 19.1 Å². The molecule has 0 heterocycles. The van der Waals surface area contributed by atoms with E-state index in [9.17, 15) is 14.9 Å². The van der Waals surface area contributed by atoms with E-state index in [0.717, 1.165) is 44.9 Å². The highest BCUT2D eigenvalue weighted by atomic mass is 16.5. The number of allylic oxidation sites excluding steroid dienone is 1. The number of rotatable bonds is 4. The molecule has 0 aromatic heterocycles. The van der Waals surface area contributed by atoms with Gasteiger partial charge in [-0.1, -0.05) is 19.1 Å². The van der Waals surface area contributed by atoms with E-state index in [1.165, 1.54) is 19.4 Å². The summed E-state index contributed by atoms with van der Waals surface area (Å²) in [7, 11) is 0. The molecule has 0 spiro atoms. The Bertz CT molecular complexity index is 681. The van der Waals surface area contributed by atoms with Gasteiger partial charge in [-0.25, -0.2) is 0 Å². The molecular weight excluding hydrogens is 354 g/mol. The van der Waals surface area contributed by atoms with E-state index in [2.05, 4.69) is 19.6 Å². The first-order valence-electron chi connectivity index (χ1n) is 10.7. The Morgan fingerprint density at radius 3 is 2.64 bits per heavy atom. The summed E-state index contributed by atoms with van der Waals surface area (Å²) in [5, 5.41) is 9.43. The minimum Gasteiger partial charge on any atom is -0.463 e. The average molecular weight is 388 g/mol. The van der Waals surface area contributed by atoms with Crippen LogP contribution in [0.25, 0.3) is 0 Å². The Hall–Kier alpha value is -1.83. The van der Waals surface area contributed by atoms with Crippen molar-refractivity contribution < 1.29 is 19.1 Å². The fourth-order valence-electron chi connectivity index (χ4n) is 6.50.